The molecule has 1 aromatic heterocycles. The zero-order valence-corrected chi connectivity index (χ0v) is 16.1. The molecular weight excluding hydrogens is 384 g/mol. The van der Waals surface area contributed by atoms with Gasteiger partial charge in [0.2, 0.25) is 0 Å². The molecule has 2 atom stereocenters. The second-order valence-corrected chi connectivity index (χ2v) is 7.43. The van der Waals surface area contributed by atoms with E-state index in [1.54, 1.807) is 4.68 Å². The van der Waals surface area contributed by atoms with Crippen LogP contribution in [0.1, 0.15) is 34.5 Å². The van der Waals surface area contributed by atoms with E-state index in [0.717, 1.165) is 11.1 Å². The van der Waals surface area contributed by atoms with Gasteiger partial charge in [-0.05, 0) is 11.1 Å². The van der Waals surface area contributed by atoms with Crippen LogP contribution in [0.25, 0.3) is 0 Å². The van der Waals surface area contributed by atoms with Gasteiger partial charge in [-0.25, -0.2) is 9.59 Å². The lowest BCUT2D eigenvalue weighted by Gasteiger charge is -2.26. The molecule has 0 aliphatic carbocycles. The number of carboxylic acids is 1. The van der Waals surface area contributed by atoms with Crippen LogP contribution in [0.4, 0.5) is 4.79 Å². The quantitative estimate of drug-likeness (QED) is 0.682. The second-order valence-electron chi connectivity index (χ2n) is 7.43. The molecule has 8 heteroatoms. The number of carbonyl (C=O) groups excluding carboxylic acids is 1. The second kappa shape index (κ2) is 7.31. The molecule has 0 radical (unpaired) electrons. The van der Waals surface area contributed by atoms with Gasteiger partial charge in [-0.2, -0.15) is 10.2 Å². The zero-order valence-electron chi connectivity index (χ0n) is 16.1. The van der Waals surface area contributed by atoms with E-state index in [4.69, 9.17) is 4.84 Å². The number of hydroxylamine groups is 2. The lowest BCUT2D eigenvalue weighted by Crippen LogP contribution is -2.38. The summed E-state index contributed by atoms with van der Waals surface area (Å²) in [5, 5.41) is 15.6. The van der Waals surface area contributed by atoms with Crippen LogP contribution in [-0.4, -0.2) is 43.4 Å². The maximum Gasteiger partial charge on any atom is 0.345 e. The van der Waals surface area contributed by atoms with Crippen molar-refractivity contribution in [2.24, 2.45) is 0 Å². The molecule has 8 nitrogen and oxygen atoms in total. The third-order valence-corrected chi connectivity index (χ3v) is 5.47. The van der Waals surface area contributed by atoms with Crippen LogP contribution in [0.15, 0.2) is 66.9 Å². The summed E-state index contributed by atoms with van der Waals surface area (Å²) in [6, 6.07) is 17.4. The van der Waals surface area contributed by atoms with Crippen molar-refractivity contribution in [2.75, 3.05) is 6.54 Å². The van der Waals surface area contributed by atoms with Crippen LogP contribution >= 0.6 is 0 Å². The molecule has 0 spiro atoms. The topological polar surface area (TPSA) is 87.9 Å². The van der Waals surface area contributed by atoms with Gasteiger partial charge < -0.3 is 10.0 Å². The fourth-order valence-electron chi connectivity index (χ4n) is 4.07. The van der Waals surface area contributed by atoms with Gasteiger partial charge in [0.25, 0.3) is 0 Å². The monoisotopic (exact) mass is 404 g/mol. The Hall–Kier alpha value is -3.65. The van der Waals surface area contributed by atoms with Gasteiger partial charge in [0.15, 0.2) is 6.04 Å². The number of rotatable bonds is 6. The molecule has 1 unspecified atom stereocenters. The highest BCUT2D eigenvalue weighted by molar-refractivity contribution is 5.86. The molecule has 5 rings (SSSR count). The first-order valence-electron chi connectivity index (χ1n) is 9.72. The van der Waals surface area contributed by atoms with Crippen molar-refractivity contribution in [3.63, 3.8) is 0 Å². The van der Waals surface area contributed by atoms with E-state index in [1.807, 2.05) is 66.9 Å². The number of aliphatic carboxylic acids is 1. The average molecular weight is 404 g/mol. The molecule has 2 amide bonds. The summed E-state index contributed by atoms with van der Waals surface area (Å²) >= 11 is 0. The van der Waals surface area contributed by atoms with Crippen LogP contribution < -0.4 is 0 Å². The van der Waals surface area contributed by atoms with Crippen molar-refractivity contribution in [1.29, 1.82) is 0 Å². The number of carbonyl (C=O) groups is 2. The molecule has 3 heterocycles. The first-order chi connectivity index (χ1) is 14.6. The molecule has 3 aromatic rings. The molecule has 30 heavy (non-hydrogen) atoms. The molecular formula is C22H20N4O4. The predicted molar refractivity (Wildman–Crippen MR) is 106 cm³/mol. The number of hydrogen-bond acceptors (Lipinski definition) is 4. The molecule has 2 aliphatic rings. The molecule has 2 aliphatic heterocycles. The Balaban J connectivity index is 1.45. The fourth-order valence-corrected chi connectivity index (χ4v) is 4.07. The van der Waals surface area contributed by atoms with E-state index < -0.39 is 24.1 Å². The highest BCUT2D eigenvalue weighted by Crippen LogP contribution is 2.43. The summed E-state index contributed by atoms with van der Waals surface area (Å²) in [6.07, 6.45) is 1.83. The maximum atomic E-state index is 12.9. The minimum Gasteiger partial charge on any atom is -0.479 e. The SMILES string of the molecule is O=C(O)C1c2nn(Cc3ccccc3)cc2[C@H]2CN1C(=O)N2OCc1ccccc1. The Morgan fingerprint density at radius 1 is 1.07 bits per heavy atom. The summed E-state index contributed by atoms with van der Waals surface area (Å²) in [5.41, 5.74) is 3.10. The number of aromatic nitrogens is 2. The van der Waals surface area contributed by atoms with Crippen molar-refractivity contribution in [3.8, 4) is 0 Å². The minimum absolute atomic E-state index is 0.224. The van der Waals surface area contributed by atoms with Crippen LogP contribution in [0.5, 0.6) is 0 Å². The Morgan fingerprint density at radius 2 is 1.73 bits per heavy atom. The van der Waals surface area contributed by atoms with Crippen molar-refractivity contribution in [2.45, 2.75) is 25.2 Å². The van der Waals surface area contributed by atoms with Gasteiger partial charge >= 0.3 is 12.0 Å². The maximum absolute atomic E-state index is 12.9. The van der Waals surface area contributed by atoms with Gasteiger partial charge in [-0.15, -0.1) is 0 Å². The van der Waals surface area contributed by atoms with Crippen molar-refractivity contribution in [1.82, 2.24) is 19.7 Å². The largest absolute Gasteiger partial charge is 0.479 e. The van der Waals surface area contributed by atoms with E-state index in [9.17, 15) is 14.7 Å². The van der Waals surface area contributed by atoms with Gasteiger partial charge in [0, 0.05) is 11.8 Å². The predicted octanol–water partition coefficient (Wildman–Crippen LogP) is 2.98. The molecule has 0 saturated carbocycles. The van der Waals surface area contributed by atoms with Gasteiger partial charge in [-0.3, -0.25) is 9.52 Å². The number of hydrogen-bond donors (Lipinski definition) is 1. The Kier molecular flexibility index (Phi) is 4.48. The highest BCUT2D eigenvalue weighted by Gasteiger charge is 2.52. The first kappa shape index (κ1) is 18.4. The fraction of sp³-hybridized carbons (Fsp3) is 0.227. The van der Waals surface area contributed by atoms with Crippen molar-refractivity contribution < 1.29 is 19.5 Å². The van der Waals surface area contributed by atoms with Crippen molar-refractivity contribution >= 4 is 12.0 Å². The number of benzene rings is 2. The summed E-state index contributed by atoms with van der Waals surface area (Å²) in [6.45, 7) is 1.00. The summed E-state index contributed by atoms with van der Waals surface area (Å²) < 4.78 is 1.73. The Bertz CT molecular complexity index is 1080. The van der Waals surface area contributed by atoms with Crippen molar-refractivity contribution in [3.05, 3.63) is 89.2 Å². The lowest BCUT2D eigenvalue weighted by atomic mass is 9.98. The smallest absolute Gasteiger partial charge is 0.345 e. The van der Waals surface area contributed by atoms with Crippen LogP contribution in [0.3, 0.4) is 0 Å². The van der Waals surface area contributed by atoms with E-state index in [1.165, 1.54) is 9.96 Å². The lowest BCUT2D eigenvalue weighted by molar-refractivity contribution is -0.143. The standard InChI is InChI=1S/C22H20N4O4/c27-21(28)20-19-17(12-24(23-19)11-15-7-3-1-4-8-15)18-13-25(20)22(29)26(18)30-14-16-9-5-2-6-10-16/h1-10,12,18,20H,11,13-14H2,(H,27,28)/t18-,20?/m1/s1. The number of urea groups is 1. The summed E-state index contributed by atoms with van der Waals surface area (Å²) in [7, 11) is 0. The summed E-state index contributed by atoms with van der Waals surface area (Å²) in [4.78, 5) is 32.1. The number of nitrogens with zero attached hydrogens (tertiary/aromatic N) is 4. The van der Waals surface area contributed by atoms with E-state index in [2.05, 4.69) is 5.10 Å². The molecule has 1 N–H and O–H groups in total. The zero-order chi connectivity index (χ0) is 20.7. The highest BCUT2D eigenvalue weighted by atomic mass is 16.7. The molecule has 2 bridgehead atoms. The molecule has 2 aromatic carbocycles. The van der Waals surface area contributed by atoms with E-state index >= 15 is 0 Å². The number of carboxylic acid groups (broad SMARTS) is 1. The van der Waals surface area contributed by atoms with E-state index in [0.29, 0.717) is 17.8 Å². The number of amides is 2. The third-order valence-electron chi connectivity index (χ3n) is 5.47. The van der Waals surface area contributed by atoms with Crippen LogP contribution in [0.2, 0.25) is 0 Å². The van der Waals surface area contributed by atoms with Gasteiger partial charge in [-0.1, -0.05) is 60.7 Å². The Morgan fingerprint density at radius 3 is 2.40 bits per heavy atom. The number of fused-ring (bicyclic) bond motifs is 4. The normalized spacial score (nSPS) is 19.8. The average Bonchev–Trinajstić information content (AvgIpc) is 3.28. The van der Waals surface area contributed by atoms with E-state index in [-0.39, 0.29) is 13.2 Å². The summed E-state index contributed by atoms with van der Waals surface area (Å²) in [5.74, 6) is -1.10. The first-order valence-corrected chi connectivity index (χ1v) is 9.72. The van der Waals surface area contributed by atoms with Gasteiger partial charge in [0.05, 0.1) is 13.1 Å². The Labute approximate surface area is 172 Å². The minimum atomic E-state index is -1.12. The van der Waals surface area contributed by atoms with Crippen LogP contribution in [0, 0.1) is 0 Å². The molecule has 1 fully saturated rings. The van der Waals surface area contributed by atoms with Gasteiger partial charge in [0.1, 0.15) is 18.3 Å². The third kappa shape index (κ3) is 3.11. The molecule has 1 saturated heterocycles. The van der Waals surface area contributed by atoms with Crippen LogP contribution in [-0.2, 0) is 22.8 Å². The molecule has 152 valence electrons.